The van der Waals surface area contributed by atoms with Gasteiger partial charge in [0, 0.05) is 17.7 Å². The molecule has 3 aromatic rings. The maximum absolute atomic E-state index is 13.2. The van der Waals surface area contributed by atoms with E-state index in [4.69, 9.17) is 9.84 Å². The molecule has 0 aliphatic carbocycles. The summed E-state index contributed by atoms with van der Waals surface area (Å²) in [6.07, 6.45) is 0.907. The molecule has 5 heteroatoms. The van der Waals surface area contributed by atoms with E-state index in [1.807, 2.05) is 28.9 Å². The van der Waals surface area contributed by atoms with Crippen molar-refractivity contribution in [2.45, 2.75) is 6.42 Å². The zero-order valence-corrected chi connectivity index (χ0v) is 12.7. The smallest absolute Gasteiger partial charge is 0.133 e. The molecule has 4 nitrogen and oxygen atoms in total. The molecule has 1 aromatic heterocycles. The van der Waals surface area contributed by atoms with Crippen LogP contribution in [0, 0.1) is 5.82 Å². The number of anilines is 1. The molecule has 0 saturated carbocycles. The second kappa shape index (κ2) is 5.43. The molecule has 23 heavy (non-hydrogen) atoms. The highest BCUT2D eigenvalue weighted by molar-refractivity contribution is 5.76. The van der Waals surface area contributed by atoms with Gasteiger partial charge in [-0.05, 0) is 42.8 Å². The molecular weight excluding hydrogens is 293 g/mol. The Morgan fingerprint density at radius 2 is 1.91 bits per heavy atom. The quantitative estimate of drug-likeness (QED) is 0.802. The van der Waals surface area contributed by atoms with Gasteiger partial charge >= 0.3 is 0 Å². The fourth-order valence-corrected chi connectivity index (χ4v) is 3.00. The lowest BCUT2D eigenvalue weighted by Crippen LogP contribution is -2.04. The third kappa shape index (κ3) is 2.25. The summed E-state index contributed by atoms with van der Waals surface area (Å²) >= 11 is 0. The topological polar surface area (TPSA) is 39.1 Å². The van der Waals surface area contributed by atoms with E-state index in [0.29, 0.717) is 0 Å². The van der Waals surface area contributed by atoms with Crippen molar-refractivity contribution in [2.24, 2.45) is 0 Å². The summed E-state index contributed by atoms with van der Waals surface area (Å²) in [6.45, 7) is 0.872. The van der Waals surface area contributed by atoms with Crippen molar-refractivity contribution in [3.63, 3.8) is 0 Å². The summed E-state index contributed by atoms with van der Waals surface area (Å²) in [5, 5.41) is 8.14. The first-order chi connectivity index (χ1) is 11.3. The molecule has 0 radical (unpaired) electrons. The van der Waals surface area contributed by atoms with Gasteiger partial charge in [0.1, 0.15) is 23.1 Å². The maximum Gasteiger partial charge on any atom is 0.133 e. The van der Waals surface area contributed by atoms with Gasteiger partial charge in [0.2, 0.25) is 0 Å². The summed E-state index contributed by atoms with van der Waals surface area (Å²) in [5.41, 5.74) is 3.87. The number of hydrogen-bond acceptors (Lipinski definition) is 3. The highest BCUT2D eigenvalue weighted by Gasteiger charge is 2.25. The normalized spacial score (nSPS) is 12.8. The minimum atomic E-state index is -0.254. The van der Waals surface area contributed by atoms with E-state index in [2.05, 4.69) is 5.32 Å². The Balaban J connectivity index is 1.90. The average Bonchev–Trinajstić information content (AvgIpc) is 3.18. The van der Waals surface area contributed by atoms with Crippen LogP contribution >= 0.6 is 0 Å². The highest BCUT2D eigenvalue weighted by atomic mass is 19.1. The Kier molecular flexibility index (Phi) is 3.26. The molecule has 1 aliphatic heterocycles. The molecule has 0 atom stereocenters. The minimum absolute atomic E-state index is 0.254. The van der Waals surface area contributed by atoms with E-state index in [1.165, 1.54) is 17.7 Å². The van der Waals surface area contributed by atoms with Gasteiger partial charge in [-0.15, -0.1) is 0 Å². The van der Waals surface area contributed by atoms with E-state index in [0.717, 1.165) is 41.5 Å². The third-order valence-corrected chi connectivity index (χ3v) is 4.08. The number of aromatic nitrogens is 2. The molecular formula is C18H16FN3O. The molecule has 0 bridgehead atoms. The van der Waals surface area contributed by atoms with Crippen molar-refractivity contribution in [1.82, 2.24) is 9.78 Å². The van der Waals surface area contributed by atoms with Crippen molar-refractivity contribution in [3.05, 3.63) is 59.9 Å². The van der Waals surface area contributed by atoms with Gasteiger partial charge in [-0.25, -0.2) is 9.07 Å². The second-order valence-electron chi connectivity index (χ2n) is 5.44. The van der Waals surface area contributed by atoms with Gasteiger partial charge in [0.15, 0.2) is 0 Å². The lowest BCUT2D eigenvalue weighted by Gasteiger charge is -2.07. The lowest BCUT2D eigenvalue weighted by molar-refractivity contribution is 0.416. The molecule has 0 amide bonds. The van der Waals surface area contributed by atoms with Crippen LogP contribution in [0.2, 0.25) is 0 Å². The summed E-state index contributed by atoms with van der Waals surface area (Å²) in [7, 11) is 1.66. The van der Waals surface area contributed by atoms with Crippen LogP contribution in [0.5, 0.6) is 5.75 Å². The van der Waals surface area contributed by atoms with E-state index in [9.17, 15) is 4.39 Å². The van der Waals surface area contributed by atoms with Crippen LogP contribution in [0.1, 0.15) is 5.56 Å². The van der Waals surface area contributed by atoms with Gasteiger partial charge < -0.3 is 10.1 Å². The highest BCUT2D eigenvalue weighted by Crippen LogP contribution is 2.38. The SMILES string of the molecule is COc1ccccc1-c1nn(-c2ccc(F)cc2)c2c1CCN2. The van der Waals surface area contributed by atoms with Crippen LogP contribution < -0.4 is 10.1 Å². The predicted octanol–water partition coefficient (Wildman–Crippen LogP) is 3.66. The molecule has 2 aromatic carbocycles. The number of benzene rings is 2. The first-order valence-corrected chi connectivity index (χ1v) is 7.53. The van der Waals surface area contributed by atoms with E-state index < -0.39 is 0 Å². The number of nitrogens with zero attached hydrogens (tertiary/aromatic N) is 2. The summed E-state index contributed by atoms with van der Waals surface area (Å²) in [6, 6.07) is 14.2. The average molecular weight is 309 g/mol. The zero-order chi connectivity index (χ0) is 15.8. The first kappa shape index (κ1) is 13.8. The Labute approximate surface area is 133 Å². The predicted molar refractivity (Wildman–Crippen MR) is 87.7 cm³/mol. The first-order valence-electron chi connectivity index (χ1n) is 7.53. The van der Waals surface area contributed by atoms with Gasteiger partial charge in [-0.1, -0.05) is 12.1 Å². The van der Waals surface area contributed by atoms with Crippen LogP contribution in [0.3, 0.4) is 0 Å². The van der Waals surface area contributed by atoms with Crippen LogP contribution in [0.25, 0.3) is 16.9 Å². The van der Waals surface area contributed by atoms with E-state index >= 15 is 0 Å². The van der Waals surface area contributed by atoms with Gasteiger partial charge in [0.25, 0.3) is 0 Å². The molecule has 1 N–H and O–H groups in total. The van der Waals surface area contributed by atoms with Crippen LogP contribution in [-0.2, 0) is 6.42 Å². The number of rotatable bonds is 3. The Morgan fingerprint density at radius 1 is 1.13 bits per heavy atom. The second-order valence-corrected chi connectivity index (χ2v) is 5.44. The van der Waals surface area contributed by atoms with Crippen molar-refractivity contribution < 1.29 is 9.13 Å². The van der Waals surface area contributed by atoms with Crippen LogP contribution in [-0.4, -0.2) is 23.4 Å². The fourth-order valence-electron chi connectivity index (χ4n) is 3.00. The summed E-state index contributed by atoms with van der Waals surface area (Å²) < 4.78 is 20.5. The molecule has 0 spiro atoms. The molecule has 116 valence electrons. The van der Waals surface area contributed by atoms with Crippen molar-refractivity contribution in [1.29, 1.82) is 0 Å². The summed E-state index contributed by atoms with van der Waals surface area (Å²) in [4.78, 5) is 0. The Hall–Kier alpha value is -2.82. The van der Waals surface area contributed by atoms with E-state index in [-0.39, 0.29) is 5.82 Å². The van der Waals surface area contributed by atoms with Crippen molar-refractivity contribution in [3.8, 4) is 22.7 Å². The number of fused-ring (bicyclic) bond motifs is 1. The largest absolute Gasteiger partial charge is 0.496 e. The number of nitrogens with one attached hydrogen (secondary N) is 1. The maximum atomic E-state index is 13.2. The third-order valence-electron chi connectivity index (χ3n) is 4.08. The summed E-state index contributed by atoms with van der Waals surface area (Å²) in [5.74, 6) is 1.51. The molecule has 1 aliphatic rings. The van der Waals surface area contributed by atoms with Gasteiger partial charge in [-0.3, -0.25) is 0 Å². The number of methoxy groups -OCH3 is 1. The number of ether oxygens (including phenoxy) is 1. The standard InChI is InChI=1S/C18H16FN3O/c1-23-16-5-3-2-4-14(16)17-15-10-11-20-18(15)22(21-17)13-8-6-12(19)7-9-13/h2-9,20H,10-11H2,1H3. The van der Waals surface area contributed by atoms with Crippen LogP contribution in [0.4, 0.5) is 10.2 Å². The molecule has 0 fully saturated rings. The number of para-hydroxylation sites is 1. The van der Waals surface area contributed by atoms with E-state index in [1.54, 1.807) is 19.2 Å². The van der Waals surface area contributed by atoms with Crippen LogP contribution in [0.15, 0.2) is 48.5 Å². The lowest BCUT2D eigenvalue weighted by atomic mass is 10.1. The zero-order valence-electron chi connectivity index (χ0n) is 12.7. The van der Waals surface area contributed by atoms with Gasteiger partial charge in [0.05, 0.1) is 12.8 Å². The number of hydrogen-bond donors (Lipinski definition) is 1. The minimum Gasteiger partial charge on any atom is -0.496 e. The van der Waals surface area contributed by atoms with Crippen molar-refractivity contribution in [2.75, 3.05) is 19.0 Å². The molecule has 0 unspecified atom stereocenters. The van der Waals surface area contributed by atoms with Crippen molar-refractivity contribution >= 4 is 5.82 Å². The fraction of sp³-hybridized carbons (Fsp3) is 0.167. The molecule has 2 heterocycles. The Morgan fingerprint density at radius 3 is 2.70 bits per heavy atom. The molecule has 4 rings (SSSR count). The number of halogens is 1. The Bertz CT molecular complexity index is 855. The van der Waals surface area contributed by atoms with Gasteiger partial charge in [-0.2, -0.15) is 5.10 Å². The monoisotopic (exact) mass is 309 g/mol. The molecule has 0 saturated heterocycles.